The number of hydrogen-bond acceptors (Lipinski definition) is 6. The highest BCUT2D eigenvalue weighted by Crippen LogP contribution is 2.38. The number of halogens is 6. The van der Waals surface area contributed by atoms with E-state index in [1.807, 2.05) is 12.1 Å². The summed E-state index contributed by atoms with van der Waals surface area (Å²) in [5.74, 6) is -1.37. The van der Waals surface area contributed by atoms with Gasteiger partial charge in [0.05, 0.1) is 16.8 Å². The Bertz CT molecular complexity index is 1510. The third-order valence-corrected chi connectivity index (χ3v) is 6.20. The maximum absolute atomic E-state index is 14.0. The normalized spacial score (nSPS) is 15.0. The van der Waals surface area contributed by atoms with E-state index in [0.717, 1.165) is 61.9 Å². The molecule has 4 aromatic rings. The lowest BCUT2D eigenvalue weighted by molar-refractivity contribution is -0.145. The first-order chi connectivity index (χ1) is 18.5. The number of anilines is 1. The van der Waals surface area contributed by atoms with E-state index in [0.29, 0.717) is 11.6 Å². The second kappa shape index (κ2) is 10.3. The topological polar surface area (TPSA) is 88.0 Å². The number of para-hydroxylation sites is 1. The predicted molar refractivity (Wildman–Crippen MR) is 129 cm³/mol. The monoisotopic (exact) mass is 549 g/mol. The molecule has 3 heterocycles. The average Bonchev–Trinajstić information content (AvgIpc) is 3.35. The van der Waals surface area contributed by atoms with Crippen LogP contribution in [0.5, 0.6) is 0 Å². The summed E-state index contributed by atoms with van der Waals surface area (Å²) in [6, 6.07) is 12.3. The van der Waals surface area contributed by atoms with E-state index < -0.39 is 40.9 Å². The lowest BCUT2D eigenvalue weighted by atomic mass is 10.1. The number of nitrogens with zero attached hydrogens (tertiary/aromatic N) is 5. The molecule has 1 aliphatic rings. The summed E-state index contributed by atoms with van der Waals surface area (Å²) in [4.78, 5) is 19.4. The number of hydrogen-bond donors (Lipinski definition) is 2. The molecule has 0 unspecified atom stereocenters. The Morgan fingerprint density at radius 1 is 0.949 bits per heavy atom. The molecule has 204 valence electrons. The quantitative estimate of drug-likeness (QED) is 0.357. The minimum absolute atomic E-state index is 0.0223. The van der Waals surface area contributed by atoms with Crippen molar-refractivity contribution in [3.05, 3.63) is 77.1 Å². The zero-order chi connectivity index (χ0) is 27.8. The molecule has 1 aliphatic heterocycles. The van der Waals surface area contributed by atoms with Crippen molar-refractivity contribution in [2.24, 2.45) is 0 Å². The molecule has 14 heteroatoms. The van der Waals surface area contributed by atoms with E-state index >= 15 is 0 Å². The molecule has 2 aromatic heterocycles. The number of piperazine rings is 1. The molecule has 0 atom stereocenters. The molecule has 0 spiro atoms. The highest BCUT2D eigenvalue weighted by atomic mass is 19.4. The van der Waals surface area contributed by atoms with Crippen LogP contribution in [0.25, 0.3) is 16.6 Å². The van der Waals surface area contributed by atoms with Crippen molar-refractivity contribution < 1.29 is 31.1 Å². The number of alkyl halides is 6. The van der Waals surface area contributed by atoms with E-state index in [1.54, 1.807) is 12.1 Å². The maximum atomic E-state index is 14.0. The molecule has 0 bridgehead atoms. The van der Waals surface area contributed by atoms with Crippen LogP contribution in [-0.4, -0.2) is 57.0 Å². The van der Waals surface area contributed by atoms with Crippen molar-refractivity contribution in [1.29, 1.82) is 0 Å². The molecule has 0 aliphatic carbocycles. The van der Waals surface area contributed by atoms with Crippen LogP contribution in [0.2, 0.25) is 0 Å². The minimum atomic E-state index is -5.24. The Balaban J connectivity index is 1.42. The van der Waals surface area contributed by atoms with E-state index in [9.17, 15) is 31.1 Å². The van der Waals surface area contributed by atoms with E-state index in [1.165, 1.54) is 6.07 Å². The van der Waals surface area contributed by atoms with Crippen molar-refractivity contribution in [3.8, 4) is 5.69 Å². The molecular weight excluding hydrogens is 528 g/mol. The minimum Gasteiger partial charge on any atom is -0.314 e. The van der Waals surface area contributed by atoms with Crippen LogP contribution in [0, 0.1) is 0 Å². The third-order valence-electron chi connectivity index (χ3n) is 6.20. The van der Waals surface area contributed by atoms with Crippen LogP contribution in [0.4, 0.5) is 32.2 Å². The second-order valence-electron chi connectivity index (χ2n) is 8.91. The summed E-state index contributed by atoms with van der Waals surface area (Å²) in [7, 11) is 0. The number of aromatic nitrogens is 4. The Labute approximate surface area is 217 Å². The van der Waals surface area contributed by atoms with Crippen molar-refractivity contribution >= 4 is 22.6 Å². The van der Waals surface area contributed by atoms with Crippen LogP contribution in [0.1, 0.15) is 27.3 Å². The molecule has 0 saturated carbocycles. The van der Waals surface area contributed by atoms with E-state index in [4.69, 9.17) is 0 Å². The Morgan fingerprint density at radius 2 is 1.69 bits per heavy atom. The second-order valence-corrected chi connectivity index (χ2v) is 8.91. The number of carbonyl (C=O) groups is 1. The van der Waals surface area contributed by atoms with Gasteiger partial charge in [-0.2, -0.15) is 26.3 Å². The number of amides is 1. The zero-order valence-electron chi connectivity index (χ0n) is 20.1. The zero-order valence-corrected chi connectivity index (χ0v) is 20.1. The number of fused-ring (bicyclic) bond motifs is 1. The van der Waals surface area contributed by atoms with Crippen molar-refractivity contribution in [3.63, 3.8) is 0 Å². The van der Waals surface area contributed by atoms with Crippen molar-refractivity contribution in [2.75, 3.05) is 31.5 Å². The molecule has 2 aromatic carbocycles. The molecule has 39 heavy (non-hydrogen) atoms. The summed E-state index contributed by atoms with van der Waals surface area (Å²) < 4.78 is 82.3. The van der Waals surface area contributed by atoms with Gasteiger partial charge in [-0.1, -0.05) is 23.4 Å². The van der Waals surface area contributed by atoms with Gasteiger partial charge < -0.3 is 10.6 Å². The molecule has 5 rings (SSSR count). The highest BCUT2D eigenvalue weighted by Gasteiger charge is 2.44. The number of nitrogens with one attached hydrogen (secondary N) is 2. The van der Waals surface area contributed by atoms with Gasteiger partial charge in [0.2, 0.25) is 0 Å². The van der Waals surface area contributed by atoms with Crippen LogP contribution >= 0.6 is 0 Å². The van der Waals surface area contributed by atoms with E-state index in [2.05, 4.69) is 30.8 Å². The first-order valence-electron chi connectivity index (χ1n) is 11.8. The fraction of sp³-hybridized carbons (Fsp3) is 0.280. The predicted octanol–water partition coefficient (Wildman–Crippen LogP) is 4.51. The first-order valence-corrected chi connectivity index (χ1v) is 11.8. The molecule has 0 radical (unpaired) electrons. The first kappa shape index (κ1) is 26.6. The third kappa shape index (κ3) is 5.71. The van der Waals surface area contributed by atoms with Gasteiger partial charge in [-0.05, 0) is 42.0 Å². The smallest absolute Gasteiger partial charge is 0.314 e. The SMILES string of the molecule is O=C(Nc1ccc2cc(CN3CCNCC3)ccc2n1)c1nnn(-c2ccccc2C(F)(F)F)c1C(F)(F)F. The van der Waals surface area contributed by atoms with Gasteiger partial charge in [0, 0.05) is 38.1 Å². The molecular formula is C25H21F6N7O. The molecule has 1 saturated heterocycles. The lowest BCUT2D eigenvalue weighted by Gasteiger charge is -2.27. The summed E-state index contributed by atoms with van der Waals surface area (Å²) in [5, 5.41) is 12.8. The maximum Gasteiger partial charge on any atom is 0.435 e. The Kier molecular flexibility index (Phi) is 6.99. The van der Waals surface area contributed by atoms with Gasteiger partial charge in [0.15, 0.2) is 11.4 Å². The highest BCUT2D eigenvalue weighted by molar-refractivity contribution is 6.03. The van der Waals surface area contributed by atoms with Gasteiger partial charge in [-0.25, -0.2) is 9.67 Å². The van der Waals surface area contributed by atoms with Gasteiger partial charge in [0.25, 0.3) is 5.91 Å². The van der Waals surface area contributed by atoms with Gasteiger partial charge in [-0.15, -0.1) is 5.10 Å². The molecule has 1 fully saturated rings. The van der Waals surface area contributed by atoms with Crippen LogP contribution in [0.15, 0.2) is 54.6 Å². The summed E-state index contributed by atoms with van der Waals surface area (Å²) in [6.07, 6.45) is -10.2. The number of pyridine rings is 1. The van der Waals surface area contributed by atoms with Crippen LogP contribution in [-0.2, 0) is 18.9 Å². The standard InChI is InChI=1S/C25H21F6N7O/c26-24(27,28)17-3-1-2-4-19(17)38-22(25(29,30)31)21(35-36-38)23(39)34-20-8-6-16-13-15(5-7-18(16)33-20)14-37-11-9-32-10-12-37/h1-8,13,32H,9-12,14H2,(H,33,34,39). The van der Waals surface area contributed by atoms with Crippen LogP contribution in [0.3, 0.4) is 0 Å². The Hall–Kier alpha value is -4.04. The fourth-order valence-corrected chi connectivity index (χ4v) is 4.40. The molecule has 8 nitrogen and oxygen atoms in total. The largest absolute Gasteiger partial charge is 0.435 e. The number of carbonyl (C=O) groups excluding carboxylic acids is 1. The summed E-state index contributed by atoms with van der Waals surface area (Å²) in [5.41, 5.74) is -3.64. The molecule has 2 N–H and O–H groups in total. The summed E-state index contributed by atoms with van der Waals surface area (Å²) in [6.45, 7) is 4.43. The van der Waals surface area contributed by atoms with Crippen molar-refractivity contribution in [2.45, 2.75) is 18.9 Å². The lowest BCUT2D eigenvalue weighted by Crippen LogP contribution is -2.42. The van der Waals surface area contributed by atoms with Gasteiger partial charge in [-0.3, -0.25) is 9.69 Å². The van der Waals surface area contributed by atoms with Crippen molar-refractivity contribution in [1.82, 2.24) is 30.2 Å². The fourth-order valence-electron chi connectivity index (χ4n) is 4.40. The van der Waals surface area contributed by atoms with Gasteiger partial charge in [0.1, 0.15) is 5.82 Å². The number of benzene rings is 2. The summed E-state index contributed by atoms with van der Waals surface area (Å²) >= 11 is 0. The average molecular weight is 549 g/mol. The van der Waals surface area contributed by atoms with E-state index in [-0.39, 0.29) is 10.5 Å². The molecule has 1 amide bonds. The number of rotatable bonds is 5. The Morgan fingerprint density at radius 3 is 2.41 bits per heavy atom. The van der Waals surface area contributed by atoms with Gasteiger partial charge >= 0.3 is 12.4 Å². The van der Waals surface area contributed by atoms with Crippen LogP contribution < -0.4 is 10.6 Å².